The predicted molar refractivity (Wildman–Crippen MR) is 78.9 cm³/mol. The number of guanidine groups is 1. The number of nitrogens with zero attached hydrogens (tertiary/aromatic N) is 1. The van der Waals surface area contributed by atoms with E-state index < -0.39 is 11.6 Å². The fraction of sp³-hybridized carbons (Fsp3) is 0.533. The van der Waals surface area contributed by atoms with Crippen LogP contribution in [0.5, 0.6) is 0 Å². The minimum Gasteiger partial charge on any atom is -0.357 e. The molecule has 1 aromatic carbocycles. The normalized spacial score (nSPS) is 13.2. The van der Waals surface area contributed by atoms with Crippen LogP contribution in [0.15, 0.2) is 23.2 Å². The molecule has 1 unspecified atom stereocenters. The summed E-state index contributed by atoms with van der Waals surface area (Å²) in [5.74, 6) is -0.348. The van der Waals surface area contributed by atoms with E-state index in [1.54, 1.807) is 0 Å². The first-order valence-corrected chi connectivity index (χ1v) is 7.06. The van der Waals surface area contributed by atoms with Crippen molar-refractivity contribution in [1.82, 2.24) is 10.6 Å². The van der Waals surface area contributed by atoms with E-state index in [2.05, 4.69) is 29.5 Å². The van der Waals surface area contributed by atoms with Gasteiger partial charge in [-0.2, -0.15) is 0 Å². The van der Waals surface area contributed by atoms with E-state index in [-0.39, 0.29) is 12.0 Å². The van der Waals surface area contributed by atoms with Crippen molar-refractivity contribution in [2.24, 2.45) is 4.99 Å². The topological polar surface area (TPSA) is 36.4 Å². The summed E-state index contributed by atoms with van der Waals surface area (Å²) in [6.07, 6.45) is 1.22. The Kier molecular flexibility index (Phi) is 6.98. The van der Waals surface area contributed by atoms with Crippen LogP contribution in [0.2, 0.25) is 0 Å². The molecule has 2 N–H and O–H groups in total. The van der Waals surface area contributed by atoms with Gasteiger partial charge in [0.05, 0.1) is 0 Å². The highest BCUT2D eigenvalue weighted by atomic mass is 19.1. The molecule has 0 aliphatic carbocycles. The van der Waals surface area contributed by atoms with E-state index in [0.717, 1.165) is 13.0 Å². The summed E-state index contributed by atoms with van der Waals surface area (Å²) in [6, 6.07) is 4.21. The average Bonchev–Trinajstić information content (AvgIpc) is 2.42. The van der Waals surface area contributed by atoms with Crippen LogP contribution in [-0.2, 0) is 6.42 Å². The van der Waals surface area contributed by atoms with Gasteiger partial charge in [0.15, 0.2) is 5.96 Å². The largest absolute Gasteiger partial charge is 0.357 e. The Balaban J connectivity index is 2.63. The van der Waals surface area contributed by atoms with Crippen LogP contribution in [0.25, 0.3) is 0 Å². The number of benzene rings is 1. The van der Waals surface area contributed by atoms with Crippen LogP contribution in [0.3, 0.4) is 0 Å². The smallest absolute Gasteiger partial charge is 0.191 e. The maximum absolute atomic E-state index is 13.5. The minimum absolute atomic E-state index is 0.0932. The number of aliphatic imine (C=N–C) groups is 1. The molecule has 112 valence electrons. The summed E-state index contributed by atoms with van der Waals surface area (Å²) >= 11 is 0. The zero-order chi connectivity index (χ0) is 15.0. The summed E-state index contributed by atoms with van der Waals surface area (Å²) in [7, 11) is 0. The van der Waals surface area contributed by atoms with Crippen molar-refractivity contribution in [3.8, 4) is 0 Å². The van der Waals surface area contributed by atoms with Gasteiger partial charge in [-0.05, 0) is 38.8 Å². The lowest BCUT2D eigenvalue weighted by Gasteiger charge is -2.16. The summed E-state index contributed by atoms with van der Waals surface area (Å²) in [4.78, 5) is 4.34. The van der Waals surface area contributed by atoms with Crippen LogP contribution < -0.4 is 10.6 Å². The Morgan fingerprint density at radius 3 is 2.45 bits per heavy atom. The quantitative estimate of drug-likeness (QED) is 0.622. The molecule has 0 saturated heterocycles. The summed E-state index contributed by atoms with van der Waals surface area (Å²) in [5, 5.41) is 6.35. The first kappa shape index (κ1) is 16.4. The average molecular weight is 283 g/mol. The van der Waals surface area contributed by atoms with Crippen molar-refractivity contribution in [1.29, 1.82) is 0 Å². The highest BCUT2D eigenvalue weighted by Crippen LogP contribution is 2.12. The maximum Gasteiger partial charge on any atom is 0.191 e. The molecule has 20 heavy (non-hydrogen) atoms. The second-order valence-electron chi connectivity index (χ2n) is 4.66. The van der Waals surface area contributed by atoms with E-state index in [1.165, 1.54) is 18.2 Å². The lowest BCUT2D eigenvalue weighted by Crippen LogP contribution is -2.42. The molecule has 1 rings (SSSR count). The number of nitrogens with one attached hydrogen (secondary N) is 2. The van der Waals surface area contributed by atoms with Crippen molar-refractivity contribution in [3.63, 3.8) is 0 Å². The molecule has 1 aromatic rings. The predicted octanol–water partition coefficient (Wildman–Crippen LogP) is 2.86. The molecule has 0 bridgehead atoms. The third-order valence-electron chi connectivity index (χ3n) is 3.03. The van der Waals surface area contributed by atoms with Gasteiger partial charge in [0.1, 0.15) is 11.6 Å². The minimum atomic E-state index is -0.514. The summed E-state index contributed by atoms with van der Waals surface area (Å²) in [6.45, 7) is 7.20. The fourth-order valence-corrected chi connectivity index (χ4v) is 1.71. The van der Waals surface area contributed by atoms with Gasteiger partial charge in [-0.15, -0.1) is 0 Å². The van der Waals surface area contributed by atoms with Crippen LogP contribution in [0.4, 0.5) is 8.78 Å². The van der Waals surface area contributed by atoms with Gasteiger partial charge in [-0.1, -0.05) is 13.0 Å². The Hall–Kier alpha value is -1.65. The van der Waals surface area contributed by atoms with Gasteiger partial charge in [0.2, 0.25) is 0 Å². The zero-order valence-electron chi connectivity index (χ0n) is 12.3. The zero-order valence-corrected chi connectivity index (χ0v) is 12.3. The molecule has 5 heteroatoms. The molecule has 3 nitrogen and oxygen atoms in total. The molecule has 0 fully saturated rings. The first-order valence-electron chi connectivity index (χ1n) is 7.06. The van der Waals surface area contributed by atoms with Gasteiger partial charge in [-0.25, -0.2) is 8.78 Å². The van der Waals surface area contributed by atoms with E-state index in [0.29, 0.717) is 18.5 Å². The number of hydrogen-bond acceptors (Lipinski definition) is 1. The van der Waals surface area contributed by atoms with Gasteiger partial charge < -0.3 is 10.6 Å². The lowest BCUT2D eigenvalue weighted by atomic mass is 10.1. The second kappa shape index (κ2) is 8.51. The molecule has 0 radical (unpaired) electrons. The van der Waals surface area contributed by atoms with Crippen LogP contribution in [-0.4, -0.2) is 25.1 Å². The van der Waals surface area contributed by atoms with E-state index in [4.69, 9.17) is 0 Å². The molecule has 1 atom stereocenters. The number of hydrogen-bond donors (Lipinski definition) is 2. The Morgan fingerprint density at radius 1 is 1.25 bits per heavy atom. The number of halogens is 2. The first-order chi connectivity index (χ1) is 9.58. The SMILES string of the molecule is CCNC(=NCCc1c(F)cccc1F)NC(C)CC. The van der Waals surface area contributed by atoms with E-state index in [9.17, 15) is 8.78 Å². The Morgan fingerprint density at radius 2 is 1.90 bits per heavy atom. The summed E-state index contributed by atoms with van der Waals surface area (Å²) < 4.78 is 26.9. The molecule has 0 saturated carbocycles. The standard InChI is InChI=1S/C15H23F2N3/c1-4-11(3)20-15(18-5-2)19-10-9-12-13(16)7-6-8-14(12)17/h6-8,11H,4-5,9-10H2,1-3H3,(H2,18,19,20). The van der Waals surface area contributed by atoms with Gasteiger partial charge >= 0.3 is 0 Å². The number of rotatable bonds is 6. The molecule has 0 amide bonds. The molecule has 0 heterocycles. The van der Waals surface area contributed by atoms with Gasteiger partial charge in [0, 0.05) is 24.7 Å². The van der Waals surface area contributed by atoms with Crippen molar-refractivity contribution in [3.05, 3.63) is 35.4 Å². The molecule has 0 spiro atoms. The van der Waals surface area contributed by atoms with Crippen molar-refractivity contribution in [2.45, 2.75) is 39.7 Å². The fourth-order valence-electron chi connectivity index (χ4n) is 1.71. The Labute approximate surface area is 119 Å². The van der Waals surface area contributed by atoms with E-state index >= 15 is 0 Å². The van der Waals surface area contributed by atoms with Crippen molar-refractivity contribution >= 4 is 5.96 Å². The maximum atomic E-state index is 13.5. The molecule has 0 aliphatic heterocycles. The third kappa shape index (κ3) is 5.15. The van der Waals surface area contributed by atoms with Gasteiger partial charge in [-0.3, -0.25) is 4.99 Å². The highest BCUT2D eigenvalue weighted by molar-refractivity contribution is 5.80. The molecule has 0 aromatic heterocycles. The van der Waals surface area contributed by atoms with Crippen molar-refractivity contribution < 1.29 is 8.78 Å². The van der Waals surface area contributed by atoms with Crippen LogP contribution in [0, 0.1) is 11.6 Å². The monoisotopic (exact) mass is 283 g/mol. The molecule has 0 aliphatic rings. The summed E-state index contributed by atoms with van der Waals surface area (Å²) in [5.41, 5.74) is 0.0932. The highest BCUT2D eigenvalue weighted by Gasteiger charge is 2.08. The molecular formula is C15H23F2N3. The van der Waals surface area contributed by atoms with Crippen LogP contribution >= 0.6 is 0 Å². The third-order valence-corrected chi connectivity index (χ3v) is 3.03. The molecular weight excluding hydrogens is 260 g/mol. The van der Waals surface area contributed by atoms with Gasteiger partial charge in [0.25, 0.3) is 0 Å². The second-order valence-corrected chi connectivity index (χ2v) is 4.66. The van der Waals surface area contributed by atoms with E-state index in [1.807, 2.05) is 6.92 Å². The van der Waals surface area contributed by atoms with Crippen molar-refractivity contribution in [2.75, 3.05) is 13.1 Å². The van der Waals surface area contributed by atoms with Crippen LogP contribution in [0.1, 0.15) is 32.8 Å². The Bertz CT molecular complexity index is 426. The lowest BCUT2D eigenvalue weighted by molar-refractivity contribution is 0.555.